The molecule has 0 unspecified atom stereocenters. The Labute approximate surface area is 154 Å². The molecule has 132 valence electrons. The van der Waals surface area contributed by atoms with Gasteiger partial charge in [-0.25, -0.2) is 0 Å². The van der Waals surface area contributed by atoms with Crippen LogP contribution in [-0.4, -0.2) is 13.0 Å². The summed E-state index contributed by atoms with van der Waals surface area (Å²) >= 11 is 0. The first-order chi connectivity index (χ1) is 12.7. The first kappa shape index (κ1) is 17.7. The molecular formula is C23H23NO2. The maximum atomic E-state index is 13.2. The minimum absolute atomic E-state index is 0.0270. The molecule has 0 saturated carbocycles. The molecule has 0 bridgehead atoms. The minimum atomic E-state index is -0.352. The predicted molar refractivity (Wildman–Crippen MR) is 104 cm³/mol. The van der Waals surface area contributed by atoms with Crippen LogP contribution in [-0.2, 0) is 4.79 Å². The zero-order valence-corrected chi connectivity index (χ0v) is 15.1. The van der Waals surface area contributed by atoms with Gasteiger partial charge in [0.15, 0.2) is 0 Å². The predicted octanol–water partition coefficient (Wildman–Crippen LogP) is 4.70. The first-order valence-electron chi connectivity index (χ1n) is 8.74. The molecule has 3 rings (SSSR count). The number of methoxy groups -OCH3 is 1. The van der Waals surface area contributed by atoms with E-state index >= 15 is 0 Å². The van der Waals surface area contributed by atoms with E-state index in [-0.39, 0.29) is 17.9 Å². The number of hydrogen-bond acceptors (Lipinski definition) is 2. The van der Waals surface area contributed by atoms with Crippen LogP contribution in [0.2, 0.25) is 0 Å². The molecule has 0 aliphatic carbocycles. The molecule has 3 aromatic carbocycles. The number of benzene rings is 3. The van der Waals surface area contributed by atoms with Gasteiger partial charge < -0.3 is 10.1 Å². The number of carbonyl (C=O) groups excluding carboxylic acids is 1. The van der Waals surface area contributed by atoms with Crippen LogP contribution >= 0.6 is 0 Å². The highest BCUT2D eigenvalue weighted by Crippen LogP contribution is 2.28. The van der Waals surface area contributed by atoms with Crippen molar-refractivity contribution in [1.82, 2.24) is 5.32 Å². The number of para-hydroxylation sites is 1. The van der Waals surface area contributed by atoms with Gasteiger partial charge in [0.05, 0.1) is 19.1 Å². The lowest BCUT2D eigenvalue weighted by molar-refractivity contribution is -0.122. The Morgan fingerprint density at radius 3 is 1.85 bits per heavy atom. The number of rotatable bonds is 6. The molecule has 0 aliphatic heterocycles. The van der Waals surface area contributed by atoms with Crippen molar-refractivity contribution in [2.45, 2.75) is 18.9 Å². The number of carbonyl (C=O) groups is 1. The SMILES string of the molecule is COc1ccccc1[C@H](C)NC(=O)C(c1ccccc1)c1ccccc1. The summed E-state index contributed by atoms with van der Waals surface area (Å²) in [5.41, 5.74) is 2.91. The van der Waals surface area contributed by atoms with E-state index in [2.05, 4.69) is 5.32 Å². The Balaban J connectivity index is 1.89. The molecule has 0 saturated heterocycles. The lowest BCUT2D eigenvalue weighted by Gasteiger charge is -2.22. The number of nitrogens with one attached hydrogen (secondary N) is 1. The fourth-order valence-corrected chi connectivity index (χ4v) is 3.18. The van der Waals surface area contributed by atoms with Gasteiger partial charge in [0.2, 0.25) is 5.91 Å². The van der Waals surface area contributed by atoms with E-state index in [0.29, 0.717) is 0 Å². The van der Waals surface area contributed by atoms with E-state index in [4.69, 9.17) is 4.74 Å². The van der Waals surface area contributed by atoms with Crippen molar-refractivity contribution < 1.29 is 9.53 Å². The fourth-order valence-electron chi connectivity index (χ4n) is 3.18. The molecule has 0 aromatic heterocycles. The molecule has 0 spiro atoms. The number of hydrogen-bond donors (Lipinski definition) is 1. The van der Waals surface area contributed by atoms with Crippen molar-refractivity contribution in [3.63, 3.8) is 0 Å². The van der Waals surface area contributed by atoms with Crippen LogP contribution in [0.15, 0.2) is 84.9 Å². The molecule has 26 heavy (non-hydrogen) atoms. The summed E-state index contributed by atoms with van der Waals surface area (Å²) in [5.74, 6) is 0.395. The maximum absolute atomic E-state index is 13.2. The third-order valence-electron chi connectivity index (χ3n) is 4.49. The van der Waals surface area contributed by atoms with Gasteiger partial charge in [-0.05, 0) is 24.1 Å². The standard InChI is InChI=1S/C23H23NO2/c1-17(20-15-9-10-16-21(20)26-2)24-23(25)22(18-11-5-3-6-12-18)19-13-7-4-8-14-19/h3-17,22H,1-2H3,(H,24,25)/t17-/m0/s1. The smallest absolute Gasteiger partial charge is 0.232 e. The molecule has 0 radical (unpaired) electrons. The van der Waals surface area contributed by atoms with E-state index < -0.39 is 0 Å². The average molecular weight is 345 g/mol. The minimum Gasteiger partial charge on any atom is -0.496 e. The third-order valence-corrected chi connectivity index (χ3v) is 4.49. The molecule has 0 fully saturated rings. The summed E-state index contributed by atoms with van der Waals surface area (Å²) in [6.45, 7) is 1.98. The molecular weight excluding hydrogens is 322 g/mol. The number of ether oxygens (including phenoxy) is 1. The number of amides is 1. The highest BCUT2D eigenvalue weighted by atomic mass is 16.5. The molecule has 0 heterocycles. The Kier molecular flexibility index (Phi) is 5.69. The molecule has 1 atom stereocenters. The monoisotopic (exact) mass is 345 g/mol. The van der Waals surface area contributed by atoms with Gasteiger partial charge in [-0.15, -0.1) is 0 Å². The van der Waals surface area contributed by atoms with Crippen molar-refractivity contribution >= 4 is 5.91 Å². The molecule has 3 nitrogen and oxygen atoms in total. The zero-order chi connectivity index (χ0) is 18.4. The van der Waals surface area contributed by atoms with Gasteiger partial charge in [-0.3, -0.25) is 4.79 Å². The van der Waals surface area contributed by atoms with Crippen LogP contribution in [0, 0.1) is 0 Å². The third kappa shape index (κ3) is 3.94. The summed E-state index contributed by atoms with van der Waals surface area (Å²) in [5, 5.41) is 3.15. The summed E-state index contributed by atoms with van der Waals surface area (Å²) in [7, 11) is 1.64. The van der Waals surface area contributed by atoms with Crippen molar-refractivity contribution in [2.24, 2.45) is 0 Å². The van der Waals surface area contributed by atoms with Crippen LogP contribution in [0.4, 0.5) is 0 Å². The Hall–Kier alpha value is -3.07. The molecule has 1 amide bonds. The van der Waals surface area contributed by atoms with E-state index in [9.17, 15) is 4.79 Å². The molecule has 0 aliphatic rings. The lowest BCUT2D eigenvalue weighted by atomic mass is 9.90. The van der Waals surface area contributed by atoms with Crippen molar-refractivity contribution in [3.05, 3.63) is 102 Å². The normalized spacial score (nSPS) is 11.8. The summed E-state index contributed by atoms with van der Waals surface area (Å²) in [4.78, 5) is 13.2. The van der Waals surface area contributed by atoms with Crippen molar-refractivity contribution in [1.29, 1.82) is 0 Å². The van der Waals surface area contributed by atoms with Gasteiger partial charge in [-0.2, -0.15) is 0 Å². The van der Waals surface area contributed by atoms with Crippen LogP contribution in [0.1, 0.15) is 35.6 Å². The van der Waals surface area contributed by atoms with E-state index in [1.54, 1.807) is 7.11 Å². The van der Waals surface area contributed by atoms with Gasteiger partial charge in [0, 0.05) is 5.56 Å². The zero-order valence-electron chi connectivity index (χ0n) is 15.1. The maximum Gasteiger partial charge on any atom is 0.232 e. The van der Waals surface area contributed by atoms with Crippen LogP contribution in [0.3, 0.4) is 0 Å². The van der Waals surface area contributed by atoms with Gasteiger partial charge in [-0.1, -0.05) is 78.9 Å². The Morgan fingerprint density at radius 1 is 0.808 bits per heavy atom. The second-order valence-corrected chi connectivity index (χ2v) is 6.23. The van der Waals surface area contributed by atoms with Crippen LogP contribution in [0.25, 0.3) is 0 Å². The van der Waals surface area contributed by atoms with E-state index in [0.717, 1.165) is 22.4 Å². The molecule has 3 heteroatoms. The van der Waals surface area contributed by atoms with E-state index in [1.165, 1.54) is 0 Å². The summed E-state index contributed by atoms with van der Waals surface area (Å²) in [6, 6.07) is 27.3. The summed E-state index contributed by atoms with van der Waals surface area (Å²) < 4.78 is 5.43. The second kappa shape index (κ2) is 8.34. The quantitative estimate of drug-likeness (QED) is 0.703. The largest absolute Gasteiger partial charge is 0.496 e. The van der Waals surface area contributed by atoms with Crippen molar-refractivity contribution in [3.8, 4) is 5.75 Å². The highest BCUT2D eigenvalue weighted by Gasteiger charge is 2.24. The van der Waals surface area contributed by atoms with Crippen LogP contribution < -0.4 is 10.1 Å². The topological polar surface area (TPSA) is 38.3 Å². The molecule has 3 aromatic rings. The van der Waals surface area contributed by atoms with Gasteiger partial charge >= 0.3 is 0 Å². The fraction of sp³-hybridized carbons (Fsp3) is 0.174. The first-order valence-corrected chi connectivity index (χ1v) is 8.74. The van der Waals surface area contributed by atoms with Crippen LogP contribution in [0.5, 0.6) is 5.75 Å². The average Bonchev–Trinajstić information content (AvgIpc) is 2.69. The lowest BCUT2D eigenvalue weighted by Crippen LogP contribution is -2.32. The van der Waals surface area contributed by atoms with Crippen molar-refractivity contribution in [2.75, 3.05) is 7.11 Å². The van der Waals surface area contributed by atoms with Gasteiger partial charge in [0.25, 0.3) is 0 Å². The Bertz CT molecular complexity index is 807. The second-order valence-electron chi connectivity index (χ2n) is 6.23. The van der Waals surface area contributed by atoms with Gasteiger partial charge in [0.1, 0.15) is 5.75 Å². The summed E-state index contributed by atoms with van der Waals surface area (Å²) in [6.07, 6.45) is 0. The molecule has 1 N–H and O–H groups in total. The van der Waals surface area contributed by atoms with E-state index in [1.807, 2.05) is 91.9 Å². The highest BCUT2D eigenvalue weighted by molar-refractivity contribution is 5.87. The Morgan fingerprint density at radius 2 is 1.31 bits per heavy atom.